The van der Waals surface area contributed by atoms with Crippen LogP contribution in [-0.2, 0) is 0 Å². The molecule has 0 spiro atoms. The topological polar surface area (TPSA) is 43.6 Å². The fraction of sp³-hybridized carbons (Fsp3) is 0. The summed E-state index contributed by atoms with van der Waals surface area (Å²) in [7, 11) is 0. The quantitative estimate of drug-likeness (QED) is 0.162. The van der Waals surface area contributed by atoms with Gasteiger partial charge in [-0.15, -0.1) is 11.3 Å². The normalized spacial score (nSPS) is 11.9. The van der Waals surface area contributed by atoms with Gasteiger partial charge in [-0.3, -0.25) is 0 Å². The van der Waals surface area contributed by atoms with E-state index in [0.29, 0.717) is 17.5 Å². The van der Waals surface area contributed by atoms with Gasteiger partial charge in [-0.2, -0.15) is 0 Å². The molecule has 0 aliphatic heterocycles. The zero-order valence-electron chi connectivity index (χ0n) is 35.5. The van der Waals surface area contributed by atoms with Crippen LogP contribution in [0.25, 0.3) is 136 Å². The highest BCUT2D eigenvalue weighted by Gasteiger charge is 2.23. The molecule has 0 radical (unpaired) electrons. The van der Waals surface area contributed by atoms with E-state index in [1.807, 2.05) is 29.5 Å². The number of hydrogen-bond acceptors (Lipinski definition) is 4. The van der Waals surface area contributed by atoms with Crippen molar-refractivity contribution in [3.05, 3.63) is 218 Å². The van der Waals surface area contributed by atoms with Crippen molar-refractivity contribution in [2.75, 3.05) is 0 Å². The maximum Gasteiger partial charge on any atom is 0.165 e. The predicted molar refractivity (Wildman–Crippen MR) is 279 cm³/mol. The van der Waals surface area contributed by atoms with Gasteiger partial charge in [0.25, 0.3) is 0 Å². The van der Waals surface area contributed by atoms with Crippen LogP contribution in [-0.4, -0.2) is 19.5 Å². The van der Waals surface area contributed by atoms with Gasteiger partial charge in [0.1, 0.15) is 0 Å². The van der Waals surface area contributed by atoms with Crippen molar-refractivity contribution in [1.82, 2.24) is 19.5 Å². The molecule has 5 heteroatoms. The summed E-state index contributed by atoms with van der Waals surface area (Å²) in [5.41, 5.74) is 8.51. The average Bonchev–Trinajstić information content (AvgIpc) is 3.93. The molecule has 66 heavy (non-hydrogen) atoms. The molecule has 0 N–H and O–H groups in total. The van der Waals surface area contributed by atoms with E-state index in [0.717, 1.165) is 66.1 Å². The van der Waals surface area contributed by atoms with Gasteiger partial charge in [-0.1, -0.05) is 164 Å². The van der Waals surface area contributed by atoms with E-state index in [-0.39, 0.29) is 0 Å². The summed E-state index contributed by atoms with van der Waals surface area (Å²) in [4.78, 5) is 16.1. The van der Waals surface area contributed by atoms with Crippen molar-refractivity contribution in [2.45, 2.75) is 0 Å². The molecule has 0 saturated heterocycles. The first kappa shape index (κ1) is 36.9. The fourth-order valence-corrected chi connectivity index (χ4v) is 11.5. The minimum atomic E-state index is 0.615. The molecule has 0 aliphatic carbocycles. The van der Waals surface area contributed by atoms with E-state index in [4.69, 9.17) is 15.0 Å². The van der Waals surface area contributed by atoms with Gasteiger partial charge in [-0.05, 0) is 103 Å². The highest BCUT2D eigenvalue weighted by Crippen LogP contribution is 2.47. The molecule has 14 aromatic rings. The minimum Gasteiger partial charge on any atom is -0.309 e. The zero-order valence-corrected chi connectivity index (χ0v) is 36.3. The van der Waals surface area contributed by atoms with E-state index in [1.165, 1.54) is 52.5 Å². The maximum atomic E-state index is 5.48. The first-order valence-corrected chi connectivity index (χ1v) is 23.2. The Morgan fingerprint density at radius 3 is 1.70 bits per heavy atom. The van der Waals surface area contributed by atoms with Crippen molar-refractivity contribution < 1.29 is 0 Å². The van der Waals surface area contributed by atoms with Gasteiger partial charge < -0.3 is 4.57 Å². The first-order chi connectivity index (χ1) is 32.7. The van der Waals surface area contributed by atoms with Gasteiger partial charge in [0.2, 0.25) is 0 Å². The molecule has 14 rings (SSSR count). The molecule has 0 atom stereocenters. The summed E-state index contributed by atoms with van der Waals surface area (Å²) in [6.07, 6.45) is 0. The second kappa shape index (κ2) is 14.5. The molecular formula is C61H36N4S. The maximum absolute atomic E-state index is 5.48. The number of nitrogens with zero attached hydrogens (tertiary/aromatic N) is 4. The molecule has 11 aromatic carbocycles. The van der Waals surface area contributed by atoms with Crippen molar-refractivity contribution in [3.63, 3.8) is 0 Å². The van der Waals surface area contributed by atoms with E-state index < -0.39 is 0 Å². The molecule has 0 fully saturated rings. The second-order valence-corrected chi connectivity index (χ2v) is 18.2. The van der Waals surface area contributed by atoms with E-state index in [1.54, 1.807) is 0 Å². The van der Waals surface area contributed by atoms with Crippen LogP contribution in [0.2, 0.25) is 0 Å². The summed E-state index contributed by atoms with van der Waals surface area (Å²) in [5.74, 6) is 1.89. The largest absolute Gasteiger partial charge is 0.309 e. The van der Waals surface area contributed by atoms with Gasteiger partial charge in [0.05, 0.1) is 16.7 Å². The molecule has 4 nitrogen and oxygen atoms in total. The highest BCUT2D eigenvalue weighted by molar-refractivity contribution is 7.26. The summed E-state index contributed by atoms with van der Waals surface area (Å²) in [6.45, 7) is 0. The SMILES string of the molecule is c1ccc(-c2nc(-c3ccc(-n4c5ccccc5c5cc6ccccc6cc54)c(-c4cccc5sc6ccc7ccccc7c6c45)c3)nc(-c3c4ccccc4cc4ccccc34)n2)cc1. The van der Waals surface area contributed by atoms with Gasteiger partial charge in [-0.25, -0.2) is 15.0 Å². The first-order valence-electron chi connectivity index (χ1n) is 22.3. The lowest BCUT2D eigenvalue weighted by atomic mass is 9.94. The Morgan fingerprint density at radius 2 is 0.924 bits per heavy atom. The van der Waals surface area contributed by atoms with Crippen LogP contribution >= 0.6 is 11.3 Å². The monoisotopic (exact) mass is 856 g/mol. The Kier molecular flexibility index (Phi) is 8.12. The van der Waals surface area contributed by atoms with E-state index >= 15 is 0 Å². The van der Waals surface area contributed by atoms with Crippen LogP contribution in [0.1, 0.15) is 0 Å². The van der Waals surface area contributed by atoms with Gasteiger partial charge in [0.15, 0.2) is 17.5 Å². The smallest absolute Gasteiger partial charge is 0.165 e. The van der Waals surface area contributed by atoms with Gasteiger partial charge in [0, 0.05) is 53.2 Å². The molecule has 0 bridgehead atoms. The van der Waals surface area contributed by atoms with Crippen molar-refractivity contribution >= 4 is 96.4 Å². The fourth-order valence-electron chi connectivity index (χ4n) is 10.4. The summed E-state index contributed by atoms with van der Waals surface area (Å²) in [5, 5.41) is 14.4. The molecule has 306 valence electrons. The average molecular weight is 857 g/mol. The Morgan fingerprint density at radius 1 is 0.318 bits per heavy atom. The number of thiophene rings is 1. The number of benzene rings is 11. The minimum absolute atomic E-state index is 0.615. The van der Waals surface area contributed by atoms with E-state index in [9.17, 15) is 0 Å². The van der Waals surface area contributed by atoms with Gasteiger partial charge >= 0.3 is 0 Å². The third kappa shape index (κ3) is 5.67. The number of rotatable bonds is 5. The molecule has 3 aromatic heterocycles. The standard InChI is InChI=1S/C61H36N4S/c1-2-16-38(17-3-1)59-62-60(64-61(63-59)56-45-23-10-7-20-41(45)33-42-21-8-11-24-46(42)56)43-29-31-52(65-51-27-13-12-25-47(51)49-34-39-18-4-5-19-40(39)36-53(49)65)50(35-43)48-26-14-28-54-58(48)57-44-22-9-6-15-37(44)30-32-55(57)66-54/h1-36H. The third-order valence-corrected chi connectivity index (χ3v) is 14.5. The van der Waals surface area contributed by atoms with Crippen molar-refractivity contribution in [1.29, 1.82) is 0 Å². The Bertz CT molecular complexity index is 4240. The van der Waals surface area contributed by atoms with Crippen molar-refractivity contribution in [3.8, 4) is 51.0 Å². The number of fused-ring (bicyclic) bond motifs is 11. The molecule has 0 saturated carbocycles. The Hall–Kier alpha value is -8.51. The summed E-state index contributed by atoms with van der Waals surface area (Å²) < 4.78 is 4.99. The van der Waals surface area contributed by atoms with Crippen LogP contribution in [0, 0.1) is 0 Å². The number of hydrogen-bond donors (Lipinski definition) is 0. The van der Waals surface area contributed by atoms with E-state index in [2.05, 4.69) is 205 Å². The predicted octanol–water partition coefficient (Wildman–Crippen LogP) is 16.6. The van der Waals surface area contributed by atoms with Crippen LogP contribution in [0.5, 0.6) is 0 Å². The molecular weight excluding hydrogens is 821 g/mol. The lowest BCUT2D eigenvalue weighted by molar-refractivity contribution is 1.08. The molecule has 3 heterocycles. The Labute approximate surface area is 383 Å². The van der Waals surface area contributed by atoms with Crippen LogP contribution < -0.4 is 0 Å². The van der Waals surface area contributed by atoms with Crippen LogP contribution in [0.15, 0.2) is 218 Å². The lowest BCUT2D eigenvalue weighted by Crippen LogP contribution is -2.02. The Balaban J connectivity index is 1.10. The lowest BCUT2D eigenvalue weighted by Gasteiger charge is -2.18. The van der Waals surface area contributed by atoms with Crippen LogP contribution in [0.3, 0.4) is 0 Å². The summed E-state index contributed by atoms with van der Waals surface area (Å²) in [6, 6.07) is 78.8. The number of para-hydroxylation sites is 1. The molecule has 0 amide bonds. The van der Waals surface area contributed by atoms with Crippen LogP contribution in [0.4, 0.5) is 0 Å². The highest BCUT2D eigenvalue weighted by atomic mass is 32.1. The zero-order chi connectivity index (χ0) is 43.3. The third-order valence-electron chi connectivity index (χ3n) is 13.4. The second-order valence-electron chi connectivity index (χ2n) is 17.1. The molecule has 0 aliphatic rings. The van der Waals surface area contributed by atoms with Crippen molar-refractivity contribution in [2.24, 2.45) is 0 Å². The molecule has 0 unspecified atom stereocenters. The number of aromatic nitrogens is 4. The summed E-state index contributed by atoms with van der Waals surface area (Å²) >= 11 is 1.86.